The molecule has 3 aromatic carbocycles. The third kappa shape index (κ3) is 4.55. The van der Waals surface area contributed by atoms with Crippen LogP contribution in [0.3, 0.4) is 0 Å². The molecule has 0 bridgehead atoms. The highest BCUT2D eigenvalue weighted by Crippen LogP contribution is 2.44. The van der Waals surface area contributed by atoms with Gasteiger partial charge >= 0.3 is 6.18 Å². The third-order valence-corrected chi connectivity index (χ3v) is 4.54. The summed E-state index contributed by atoms with van der Waals surface area (Å²) < 4.78 is 56.5. The fourth-order valence-electron chi connectivity index (χ4n) is 2.95. The van der Waals surface area contributed by atoms with E-state index in [2.05, 4.69) is 11.8 Å². The lowest BCUT2D eigenvalue weighted by Gasteiger charge is -2.31. The van der Waals surface area contributed by atoms with E-state index in [0.29, 0.717) is 5.56 Å². The van der Waals surface area contributed by atoms with Crippen LogP contribution in [0.2, 0.25) is 0 Å². The first-order valence-electron chi connectivity index (χ1n) is 8.81. The second-order valence-corrected chi connectivity index (χ2v) is 6.49. The van der Waals surface area contributed by atoms with Crippen LogP contribution in [0.25, 0.3) is 0 Å². The zero-order chi connectivity index (χ0) is 20.9. The average Bonchev–Trinajstić information content (AvgIpc) is 2.72. The normalized spacial score (nSPS) is 13.1. The molecule has 0 spiro atoms. The molecule has 1 nitrogen and oxygen atoms in total. The molecule has 29 heavy (non-hydrogen) atoms. The van der Waals surface area contributed by atoms with Crippen molar-refractivity contribution in [2.24, 2.45) is 0 Å². The van der Waals surface area contributed by atoms with Crippen LogP contribution in [-0.2, 0) is 5.41 Å². The number of carbonyl (C=O) groups excluding carboxylic acids is 1. The van der Waals surface area contributed by atoms with E-state index in [1.807, 2.05) is 0 Å². The molecule has 146 valence electrons. The summed E-state index contributed by atoms with van der Waals surface area (Å²) in [4.78, 5) is 12.7. The van der Waals surface area contributed by atoms with E-state index >= 15 is 0 Å². The van der Waals surface area contributed by atoms with Crippen LogP contribution in [0.5, 0.6) is 0 Å². The highest BCUT2D eigenvalue weighted by molar-refractivity contribution is 5.97. The molecule has 0 N–H and O–H groups in total. The van der Waals surface area contributed by atoms with E-state index < -0.39 is 29.6 Å². The first kappa shape index (κ1) is 20.3. The minimum absolute atomic E-state index is 0.157. The van der Waals surface area contributed by atoms with Gasteiger partial charge in [0.05, 0.1) is 0 Å². The summed E-state index contributed by atoms with van der Waals surface area (Å²) in [6.07, 6.45) is -5.77. The number of halogens is 4. The number of hydrogen-bond acceptors (Lipinski definition) is 1. The fourth-order valence-corrected chi connectivity index (χ4v) is 2.95. The van der Waals surface area contributed by atoms with Crippen molar-refractivity contribution in [3.05, 3.63) is 107 Å². The number of Topliss-reactive ketones (excluding diaryl/α,β-unsaturated/α-hetero) is 1. The summed E-state index contributed by atoms with van der Waals surface area (Å²) in [5.41, 5.74) is -2.51. The van der Waals surface area contributed by atoms with Crippen LogP contribution in [0.4, 0.5) is 17.6 Å². The van der Waals surface area contributed by atoms with Gasteiger partial charge in [0, 0.05) is 17.5 Å². The fraction of sp³-hybridized carbons (Fsp3) is 0.125. The van der Waals surface area contributed by atoms with Gasteiger partial charge < -0.3 is 0 Å². The van der Waals surface area contributed by atoms with Crippen molar-refractivity contribution in [1.29, 1.82) is 0 Å². The van der Waals surface area contributed by atoms with Gasteiger partial charge in [-0.3, -0.25) is 4.79 Å². The van der Waals surface area contributed by atoms with Gasteiger partial charge in [-0.15, -0.1) is 0 Å². The Kier molecular flexibility index (Phi) is 5.84. The molecule has 3 aromatic rings. The zero-order valence-electron chi connectivity index (χ0n) is 15.2. The summed E-state index contributed by atoms with van der Waals surface area (Å²) >= 11 is 0. The molecule has 0 aliphatic carbocycles. The average molecular weight is 396 g/mol. The molecule has 0 fully saturated rings. The van der Waals surface area contributed by atoms with Crippen LogP contribution in [0.15, 0.2) is 84.9 Å². The third-order valence-electron chi connectivity index (χ3n) is 4.54. The van der Waals surface area contributed by atoms with E-state index in [-0.39, 0.29) is 11.1 Å². The highest BCUT2D eigenvalue weighted by atomic mass is 19.4. The number of ketones is 1. The van der Waals surface area contributed by atoms with E-state index in [0.717, 1.165) is 24.3 Å². The molecule has 3 rings (SSSR count). The van der Waals surface area contributed by atoms with Gasteiger partial charge in [-0.05, 0) is 29.8 Å². The maximum absolute atomic E-state index is 14.4. The molecule has 0 aromatic heterocycles. The van der Waals surface area contributed by atoms with E-state index in [1.54, 1.807) is 48.5 Å². The van der Waals surface area contributed by atoms with Crippen molar-refractivity contribution in [3.8, 4) is 11.8 Å². The van der Waals surface area contributed by atoms with Gasteiger partial charge in [-0.25, -0.2) is 4.39 Å². The second kappa shape index (κ2) is 8.32. The Balaban J connectivity index is 2.16. The molecule has 1 unspecified atom stereocenters. The van der Waals surface area contributed by atoms with Gasteiger partial charge in [0.15, 0.2) is 11.2 Å². The van der Waals surface area contributed by atoms with E-state index in [1.165, 1.54) is 12.1 Å². The maximum Gasteiger partial charge on any atom is 0.409 e. The van der Waals surface area contributed by atoms with E-state index in [9.17, 15) is 22.4 Å². The summed E-state index contributed by atoms with van der Waals surface area (Å²) in [6.45, 7) is 0. The predicted molar refractivity (Wildman–Crippen MR) is 103 cm³/mol. The molecular weight excluding hydrogens is 380 g/mol. The Morgan fingerprint density at radius 3 is 1.90 bits per heavy atom. The van der Waals surface area contributed by atoms with Crippen molar-refractivity contribution in [1.82, 2.24) is 0 Å². The molecular formula is C24H16F4O. The molecule has 0 amide bonds. The lowest BCUT2D eigenvalue weighted by molar-refractivity contribution is -0.172. The summed E-state index contributed by atoms with van der Waals surface area (Å²) in [6, 6.07) is 19.9. The van der Waals surface area contributed by atoms with Crippen molar-refractivity contribution in [2.75, 3.05) is 0 Å². The standard InChI is InChI=1S/C24H16F4O/c25-21-13-11-20(12-14-21)23(24(26,27)28,16-15-18-7-3-1-4-8-18)17-22(29)19-9-5-2-6-10-19/h1-14H,17H2. The van der Waals surface area contributed by atoms with Crippen molar-refractivity contribution < 1.29 is 22.4 Å². The van der Waals surface area contributed by atoms with Crippen LogP contribution < -0.4 is 0 Å². The SMILES string of the molecule is O=C(CC(C#Cc1ccccc1)(c1ccc(F)cc1)C(F)(F)F)c1ccccc1. The molecule has 0 aliphatic rings. The summed E-state index contributed by atoms with van der Waals surface area (Å²) in [5, 5.41) is 0. The topological polar surface area (TPSA) is 17.1 Å². The predicted octanol–water partition coefficient (Wildman–Crippen LogP) is 5.95. The smallest absolute Gasteiger partial charge is 0.294 e. The quantitative estimate of drug-likeness (QED) is 0.303. The lowest BCUT2D eigenvalue weighted by Crippen LogP contribution is -2.43. The number of rotatable bonds is 4. The number of carbonyl (C=O) groups is 1. The first-order chi connectivity index (χ1) is 13.8. The molecule has 0 saturated carbocycles. The monoisotopic (exact) mass is 396 g/mol. The highest BCUT2D eigenvalue weighted by Gasteiger charge is 2.56. The number of alkyl halides is 3. The molecule has 0 radical (unpaired) electrons. The maximum atomic E-state index is 14.4. The van der Waals surface area contributed by atoms with Gasteiger partial charge in [0.25, 0.3) is 0 Å². The van der Waals surface area contributed by atoms with Crippen molar-refractivity contribution in [2.45, 2.75) is 18.0 Å². The van der Waals surface area contributed by atoms with Crippen molar-refractivity contribution in [3.63, 3.8) is 0 Å². The molecule has 5 heteroatoms. The minimum atomic E-state index is -4.86. The largest absolute Gasteiger partial charge is 0.409 e. The van der Waals surface area contributed by atoms with Gasteiger partial charge in [0.2, 0.25) is 0 Å². The van der Waals surface area contributed by atoms with Gasteiger partial charge in [-0.1, -0.05) is 72.5 Å². The molecule has 0 aliphatic heterocycles. The Labute approximate surface area is 166 Å². The minimum Gasteiger partial charge on any atom is -0.294 e. The Morgan fingerprint density at radius 1 is 0.793 bits per heavy atom. The number of hydrogen-bond donors (Lipinski definition) is 0. The lowest BCUT2D eigenvalue weighted by atomic mass is 9.75. The summed E-state index contributed by atoms with van der Waals surface area (Å²) in [7, 11) is 0. The van der Waals surface area contributed by atoms with Crippen LogP contribution in [-0.4, -0.2) is 12.0 Å². The zero-order valence-corrected chi connectivity index (χ0v) is 15.2. The molecule has 0 heterocycles. The van der Waals surface area contributed by atoms with Crippen LogP contribution in [0, 0.1) is 17.7 Å². The van der Waals surface area contributed by atoms with Gasteiger partial charge in [-0.2, -0.15) is 13.2 Å². The summed E-state index contributed by atoms with van der Waals surface area (Å²) in [5.74, 6) is 3.48. The van der Waals surface area contributed by atoms with Crippen molar-refractivity contribution >= 4 is 5.78 Å². The Bertz CT molecular complexity index is 1030. The van der Waals surface area contributed by atoms with Crippen LogP contribution >= 0.6 is 0 Å². The first-order valence-corrected chi connectivity index (χ1v) is 8.81. The Hall–Kier alpha value is -3.39. The van der Waals surface area contributed by atoms with E-state index in [4.69, 9.17) is 0 Å². The molecule has 1 atom stereocenters. The second-order valence-electron chi connectivity index (χ2n) is 6.49. The molecule has 0 saturated heterocycles. The number of benzene rings is 3. The van der Waals surface area contributed by atoms with Gasteiger partial charge in [0.1, 0.15) is 5.82 Å². The van der Waals surface area contributed by atoms with Crippen LogP contribution in [0.1, 0.15) is 27.9 Å². The Morgan fingerprint density at radius 2 is 1.34 bits per heavy atom.